The Kier molecular flexibility index (Phi) is 3.56. The van der Waals surface area contributed by atoms with E-state index in [-0.39, 0.29) is 12.1 Å². The van der Waals surface area contributed by atoms with E-state index in [9.17, 15) is 5.11 Å². The molecule has 0 bridgehead atoms. The van der Waals surface area contributed by atoms with E-state index in [1.165, 1.54) is 6.42 Å². The van der Waals surface area contributed by atoms with Gasteiger partial charge in [0.15, 0.2) is 0 Å². The first-order valence-corrected chi connectivity index (χ1v) is 5.74. The Morgan fingerprint density at radius 1 is 1.50 bits per heavy atom. The van der Waals surface area contributed by atoms with Crippen LogP contribution >= 0.6 is 0 Å². The molecule has 1 aliphatic rings. The molecule has 88 valence electrons. The third kappa shape index (κ3) is 3.06. The van der Waals surface area contributed by atoms with Gasteiger partial charge in [-0.25, -0.2) is 4.98 Å². The first-order valence-electron chi connectivity index (χ1n) is 5.74. The van der Waals surface area contributed by atoms with Gasteiger partial charge in [-0.15, -0.1) is 0 Å². The van der Waals surface area contributed by atoms with Crippen LogP contribution in [-0.4, -0.2) is 27.7 Å². The third-order valence-electron chi connectivity index (χ3n) is 3.00. The minimum absolute atomic E-state index is 0.129. The summed E-state index contributed by atoms with van der Waals surface area (Å²) in [5.41, 5.74) is 5.49. The Labute approximate surface area is 95.1 Å². The summed E-state index contributed by atoms with van der Waals surface area (Å²) in [5, 5.41) is 12.8. The molecule has 0 aromatic carbocycles. The topological polar surface area (TPSA) is 84.1 Å². The van der Waals surface area contributed by atoms with Gasteiger partial charge in [-0.3, -0.25) is 0 Å². The number of hydrogen-bond acceptors (Lipinski definition) is 5. The minimum Gasteiger partial charge on any atom is -0.393 e. The van der Waals surface area contributed by atoms with Crippen LogP contribution in [0.25, 0.3) is 0 Å². The molecule has 0 amide bonds. The molecule has 1 aromatic heterocycles. The zero-order valence-electron chi connectivity index (χ0n) is 9.26. The smallest absolute Gasteiger partial charge is 0.221 e. The number of hydrogen-bond donors (Lipinski definition) is 3. The van der Waals surface area contributed by atoms with Gasteiger partial charge in [0.05, 0.1) is 6.10 Å². The Balaban J connectivity index is 1.82. The zero-order chi connectivity index (χ0) is 11.4. The summed E-state index contributed by atoms with van der Waals surface area (Å²) in [5.74, 6) is 1.57. The molecule has 1 aromatic rings. The van der Waals surface area contributed by atoms with Gasteiger partial charge in [0.2, 0.25) is 5.95 Å². The van der Waals surface area contributed by atoms with Crippen molar-refractivity contribution in [1.82, 2.24) is 9.97 Å². The monoisotopic (exact) mass is 222 g/mol. The Bertz CT molecular complexity index is 345. The van der Waals surface area contributed by atoms with Crippen LogP contribution in [0.1, 0.15) is 25.7 Å². The van der Waals surface area contributed by atoms with Crippen LogP contribution in [0.4, 0.5) is 11.8 Å². The van der Waals surface area contributed by atoms with Crippen LogP contribution in [0, 0.1) is 5.92 Å². The van der Waals surface area contributed by atoms with E-state index in [4.69, 9.17) is 5.73 Å². The lowest BCUT2D eigenvalue weighted by molar-refractivity contribution is 0.104. The molecule has 1 saturated carbocycles. The summed E-state index contributed by atoms with van der Waals surface area (Å²) < 4.78 is 0. The van der Waals surface area contributed by atoms with Crippen molar-refractivity contribution in [2.75, 3.05) is 17.6 Å². The predicted octanol–water partition coefficient (Wildman–Crippen LogP) is 1.02. The number of nitrogen functional groups attached to an aromatic ring is 1. The lowest BCUT2D eigenvalue weighted by atomic mass is 9.87. The van der Waals surface area contributed by atoms with Crippen molar-refractivity contribution < 1.29 is 5.11 Å². The largest absolute Gasteiger partial charge is 0.393 e. The summed E-state index contributed by atoms with van der Waals surface area (Å²) in [6, 6.07) is 1.80. The molecule has 4 N–H and O–H groups in total. The fourth-order valence-corrected chi connectivity index (χ4v) is 2.17. The number of aliphatic hydroxyl groups excluding tert-OH is 1. The van der Waals surface area contributed by atoms with Crippen molar-refractivity contribution >= 4 is 11.8 Å². The van der Waals surface area contributed by atoms with E-state index in [0.717, 1.165) is 31.6 Å². The van der Waals surface area contributed by atoms with Crippen molar-refractivity contribution in [1.29, 1.82) is 0 Å². The number of rotatable bonds is 3. The van der Waals surface area contributed by atoms with Gasteiger partial charge in [0, 0.05) is 12.7 Å². The van der Waals surface area contributed by atoms with Crippen LogP contribution in [0.5, 0.6) is 0 Å². The zero-order valence-corrected chi connectivity index (χ0v) is 9.26. The lowest BCUT2D eigenvalue weighted by Crippen LogP contribution is -2.25. The van der Waals surface area contributed by atoms with Crippen molar-refractivity contribution in [3.8, 4) is 0 Å². The number of aliphatic hydroxyl groups is 1. The molecule has 1 heterocycles. The van der Waals surface area contributed by atoms with E-state index in [2.05, 4.69) is 15.3 Å². The standard InChI is InChI=1S/C11H18N4O/c12-11-13-5-4-10(15-11)14-7-8-2-1-3-9(16)6-8/h4-5,8-9,16H,1-3,6-7H2,(H3,12,13,14,15). The SMILES string of the molecule is Nc1nccc(NCC2CCCC(O)C2)n1. The number of nitrogens with zero attached hydrogens (tertiary/aromatic N) is 2. The Morgan fingerprint density at radius 2 is 2.38 bits per heavy atom. The summed E-state index contributed by atoms with van der Waals surface area (Å²) >= 11 is 0. The summed E-state index contributed by atoms with van der Waals surface area (Å²) in [7, 11) is 0. The lowest BCUT2D eigenvalue weighted by Gasteiger charge is -2.26. The van der Waals surface area contributed by atoms with Crippen LogP contribution in [0.3, 0.4) is 0 Å². The maximum Gasteiger partial charge on any atom is 0.221 e. The van der Waals surface area contributed by atoms with E-state index in [0.29, 0.717) is 5.92 Å². The highest BCUT2D eigenvalue weighted by Crippen LogP contribution is 2.24. The molecule has 1 fully saturated rings. The maximum atomic E-state index is 9.55. The summed E-state index contributed by atoms with van der Waals surface area (Å²) in [6.45, 7) is 0.841. The van der Waals surface area contributed by atoms with Crippen LogP contribution in [-0.2, 0) is 0 Å². The molecule has 16 heavy (non-hydrogen) atoms. The third-order valence-corrected chi connectivity index (χ3v) is 3.00. The van der Waals surface area contributed by atoms with E-state index in [1.54, 1.807) is 12.3 Å². The van der Waals surface area contributed by atoms with Gasteiger partial charge in [-0.05, 0) is 31.2 Å². The van der Waals surface area contributed by atoms with Crippen molar-refractivity contribution in [2.24, 2.45) is 5.92 Å². The fraction of sp³-hybridized carbons (Fsp3) is 0.636. The molecule has 0 spiro atoms. The van der Waals surface area contributed by atoms with Crippen molar-refractivity contribution in [3.05, 3.63) is 12.3 Å². The Morgan fingerprint density at radius 3 is 3.12 bits per heavy atom. The fourth-order valence-electron chi connectivity index (χ4n) is 2.17. The first kappa shape index (κ1) is 11.1. The molecule has 2 rings (SSSR count). The highest BCUT2D eigenvalue weighted by atomic mass is 16.3. The number of anilines is 2. The van der Waals surface area contributed by atoms with Gasteiger partial charge >= 0.3 is 0 Å². The normalized spacial score (nSPS) is 25.3. The van der Waals surface area contributed by atoms with Gasteiger partial charge in [0.1, 0.15) is 5.82 Å². The van der Waals surface area contributed by atoms with Gasteiger partial charge in [-0.1, -0.05) is 6.42 Å². The molecular weight excluding hydrogens is 204 g/mol. The molecule has 0 saturated heterocycles. The summed E-state index contributed by atoms with van der Waals surface area (Å²) in [6.07, 6.45) is 5.62. The average molecular weight is 222 g/mol. The maximum absolute atomic E-state index is 9.55. The second kappa shape index (κ2) is 5.12. The molecule has 2 unspecified atom stereocenters. The van der Waals surface area contributed by atoms with E-state index in [1.807, 2.05) is 0 Å². The molecule has 5 heteroatoms. The molecule has 5 nitrogen and oxygen atoms in total. The van der Waals surface area contributed by atoms with Gasteiger partial charge in [0.25, 0.3) is 0 Å². The molecule has 1 aliphatic carbocycles. The second-order valence-corrected chi connectivity index (χ2v) is 4.37. The van der Waals surface area contributed by atoms with E-state index >= 15 is 0 Å². The highest BCUT2D eigenvalue weighted by molar-refractivity contribution is 5.37. The Hall–Kier alpha value is -1.36. The average Bonchev–Trinajstić information content (AvgIpc) is 2.27. The van der Waals surface area contributed by atoms with Gasteiger partial charge < -0.3 is 16.2 Å². The second-order valence-electron chi connectivity index (χ2n) is 4.37. The molecule has 0 aliphatic heterocycles. The minimum atomic E-state index is -0.129. The molecule has 2 atom stereocenters. The van der Waals surface area contributed by atoms with Crippen molar-refractivity contribution in [3.63, 3.8) is 0 Å². The van der Waals surface area contributed by atoms with E-state index < -0.39 is 0 Å². The van der Waals surface area contributed by atoms with Crippen LogP contribution in [0.2, 0.25) is 0 Å². The van der Waals surface area contributed by atoms with Crippen molar-refractivity contribution in [2.45, 2.75) is 31.8 Å². The van der Waals surface area contributed by atoms with Gasteiger partial charge in [-0.2, -0.15) is 4.98 Å². The highest BCUT2D eigenvalue weighted by Gasteiger charge is 2.19. The molecule has 0 radical (unpaired) electrons. The first-order chi connectivity index (χ1) is 7.74. The quantitative estimate of drug-likeness (QED) is 0.711. The summed E-state index contributed by atoms with van der Waals surface area (Å²) in [4.78, 5) is 7.90. The van der Waals surface area contributed by atoms with Crippen LogP contribution < -0.4 is 11.1 Å². The number of nitrogens with two attached hydrogens (primary N) is 1. The number of aromatic nitrogens is 2. The number of nitrogens with one attached hydrogen (secondary N) is 1. The molecular formula is C11H18N4O. The predicted molar refractivity (Wildman–Crippen MR) is 62.9 cm³/mol. The van der Waals surface area contributed by atoms with Crippen LogP contribution in [0.15, 0.2) is 12.3 Å².